The van der Waals surface area contributed by atoms with Gasteiger partial charge < -0.3 is 10.4 Å². The third-order valence-corrected chi connectivity index (χ3v) is 2.58. The Morgan fingerprint density at radius 1 is 1.38 bits per heavy atom. The molecule has 2 rings (SSSR count). The normalized spacial score (nSPS) is 22.8. The van der Waals surface area contributed by atoms with Crippen molar-refractivity contribution in [3.05, 3.63) is 54.8 Å². The Hall–Kier alpha value is -2.03. The monoisotopic (exact) mass is 214 g/mol. The summed E-state index contributed by atoms with van der Waals surface area (Å²) in [5, 5.41) is 12.5. The molecule has 1 aromatic carbocycles. The number of nitrogens with one attached hydrogen (secondary N) is 1. The number of aliphatic imine (C=N–C) groups is 1. The predicted octanol–water partition coefficient (Wildman–Crippen LogP) is 2.31. The van der Waals surface area contributed by atoms with E-state index in [0.29, 0.717) is 6.42 Å². The van der Waals surface area contributed by atoms with Gasteiger partial charge in [0, 0.05) is 18.8 Å². The molecule has 2 N–H and O–H groups in total. The van der Waals surface area contributed by atoms with Crippen LogP contribution in [0.5, 0.6) is 5.75 Å². The summed E-state index contributed by atoms with van der Waals surface area (Å²) < 4.78 is 0. The number of phenols is 1. The fraction of sp³-hybridized carbons (Fsp3) is 0.154. The van der Waals surface area contributed by atoms with E-state index in [1.165, 1.54) is 0 Å². The largest absolute Gasteiger partial charge is 0.508 e. The maximum Gasteiger partial charge on any atom is 0.158 e. The second-order valence-corrected chi connectivity index (χ2v) is 3.68. The van der Waals surface area contributed by atoms with Crippen molar-refractivity contribution in [1.82, 2.24) is 5.32 Å². The van der Waals surface area contributed by atoms with E-state index in [9.17, 15) is 5.11 Å². The predicted molar refractivity (Wildman–Crippen MR) is 65.4 cm³/mol. The summed E-state index contributed by atoms with van der Waals surface area (Å²) in [6.07, 6.45) is 8.01. The van der Waals surface area contributed by atoms with Gasteiger partial charge in [-0.1, -0.05) is 18.2 Å². The van der Waals surface area contributed by atoms with Gasteiger partial charge >= 0.3 is 0 Å². The van der Waals surface area contributed by atoms with E-state index in [-0.39, 0.29) is 5.75 Å². The van der Waals surface area contributed by atoms with Gasteiger partial charge in [0.1, 0.15) is 5.75 Å². The molecule has 3 nitrogen and oxygen atoms in total. The molecule has 1 unspecified atom stereocenters. The Balaban J connectivity index is 2.39. The first-order valence-electron chi connectivity index (χ1n) is 5.15. The van der Waals surface area contributed by atoms with Crippen molar-refractivity contribution in [1.29, 1.82) is 0 Å². The minimum absolute atomic E-state index is 0.257. The Labute approximate surface area is 94.8 Å². The molecule has 1 aliphatic rings. The van der Waals surface area contributed by atoms with Gasteiger partial charge in [0.05, 0.1) is 0 Å². The number of nitrogens with zero attached hydrogens (tertiary/aromatic N) is 1. The third kappa shape index (κ3) is 1.84. The average Bonchev–Trinajstić information content (AvgIpc) is 2.31. The number of rotatable bonds is 3. The third-order valence-electron chi connectivity index (χ3n) is 2.58. The van der Waals surface area contributed by atoms with E-state index in [1.54, 1.807) is 18.3 Å². The van der Waals surface area contributed by atoms with E-state index in [4.69, 9.17) is 0 Å². The average molecular weight is 214 g/mol. The molecule has 16 heavy (non-hydrogen) atoms. The van der Waals surface area contributed by atoms with Crippen LogP contribution in [0, 0.1) is 0 Å². The van der Waals surface area contributed by atoms with Gasteiger partial charge in [-0.25, -0.2) is 0 Å². The lowest BCUT2D eigenvalue weighted by Crippen LogP contribution is -2.38. The first-order valence-corrected chi connectivity index (χ1v) is 5.15. The highest BCUT2D eigenvalue weighted by Crippen LogP contribution is 2.29. The molecule has 1 aliphatic heterocycles. The summed E-state index contributed by atoms with van der Waals surface area (Å²) in [5.41, 5.74) is 0.523. The molecule has 0 saturated carbocycles. The topological polar surface area (TPSA) is 44.6 Å². The zero-order valence-corrected chi connectivity index (χ0v) is 8.93. The molecule has 0 saturated heterocycles. The number of aromatic hydroxyl groups is 1. The van der Waals surface area contributed by atoms with Gasteiger partial charge in [-0.05, 0) is 23.8 Å². The van der Waals surface area contributed by atoms with Crippen LogP contribution in [-0.4, -0.2) is 11.3 Å². The SMILES string of the molecule is C=CCC1(c2ccc(O)cc2)N=CC=CN1. The molecule has 1 heterocycles. The lowest BCUT2D eigenvalue weighted by molar-refractivity contribution is 0.398. The maximum absolute atomic E-state index is 9.28. The number of benzene rings is 1. The van der Waals surface area contributed by atoms with Gasteiger partial charge in [0.2, 0.25) is 0 Å². The molecule has 0 fully saturated rings. The highest BCUT2D eigenvalue weighted by molar-refractivity contribution is 5.72. The summed E-state index contributed by atoms with van der Waals surface area (Å²) in [4.78, 5) is 4.47. The van der Waals surface area contributed by atoms with Crippen molar-refractivity contribution in [2.45, 2.75) is 12.1 Å². The minimum atomic E-state index is -0.482. The Morgan fingerprint density at radius 3 is 2.69 bits per heavy atom. The molecular formula is C13H14N2O. The van der Waals surface area contributed by atoms with Crippen molar-refractivity contribution in [3.8, 4) is 5.75 Å². The van der Waals surface area contributed by atoms with Crippen molar-refractivity contribution in [3.63, 3.8) is 0 Å². The molecule has 0 aromatic heterocycles. The lowest BCUT2D eigenvalue weighted by atomic mass is 9.95. The van der Waals surface area contributed by atoms with Crippen LogP contribution in [-0.2, 0) is 5.66 Å². The summed E-state index contributed by atoms with van der Waals surface area (Å²) in [6, 6.07) is 7.05. The Morgan fingerprint density at radius 2 is 2.12 bits per heavy atom. The first kappa shape index (κ1) is 10.5. The standard InChI is InChI=1S/C13H14N2O/c1-2-8-13(14-9-3-10-15-13)11-4-6-12(16)7-5-11/h2-7,9-10,14,16H,1,8H2. The quantitative estimate of drug-likeness (QED) is 0.758. The van der Waals surface area contributed by atoms with Crippen LogP contribution in [0.25, 0.3) is 0 Å². The van der Waals surface area contributed by atoms with Crippen LogP contribution in [0.3, 0.4) is 0 Å². The van der Waals surface area contributed by atoms with Crippen LogP contribution >= 0.6 is 0 Å². The molecule has 82 valence electrons. The molecule has 0 amide bonds. The smallest absolute Gasteiger partial charge is 0.158 e. The molecule has 1 atom stereocenters. The molecule has 1 aromatic rings. The van der Waals surface area contributed by atoms with Crippen molar-refractivity contribution < 1.29 is 5.11 Å². The van der Waals surface area contributed by atoms with Gasteiger partial charge in [-0.15, -0.1) is 6.58 Å². The molecule has 0 spiro atoms. The van der Waals surface area contributed by atoms with E-state index in [0.717, 1.165) is 5.56 Å². The van der Waals surface area contributed by atoms with Crippen molar-refractivity contribution in [2.24, 2.45) is 4.99 Å². The van der Waals surface area contributed by atoms with Gasteiger partial charge in [0.15, 0.2) is 5.66 Å². The number of hydrogen-bond acceptors (Lipinski definition) is 3. The van der Waals surface area contributed by atoms with Crippen LogP contribution in [0.1, 0.15) is 12.0 Å². The maximum atomic E-state index is 9.28. The number of allylic oxidation sites excluding steroid dienone is 1. The van der Waals surface area contributed by atoms with E-state index < -0.39 is 5.66 Å². The highest BCUT2D eigenvalue weighted by Gasteiger charge is 2.29. The van der Waals surface area contributed by atoms with Crippen molar-refractivity contribution >= 4 is 6.21 Å². The first-order chi connectivity index (χ1) is 7.77. The van der Waals surface area contributed by atoms with Crippen LogP contribution in [0.4, 0.5) is 0 Å². The number of phenolic OH excluding ortho intramolecular Hbond substituents is 1. The summed E-state index contributed by atoms with van der Waals surface area (Å²) in [7, 11) is 0. The second-order valence-electron chi connectivity index (χ2n) is 3.68. The zero-order chi connectivity index (χ0) is 11.4. The van der Waals surface area contributed by atoms with Gasteiger partial charge in [0.25, 0.3) is 0 Å². The lowest BCUT2D eigenvalue weighted by Gasteiger charge is -2.31. The number of hydrogen-bond donors (Lipinski definition) is 2. The summed E-state index contributed by atoms with van der Waals surface area (Å²) >= 11 is 0. The van der Waals surface area contributed by atoms with E-state index in [2.05, 4.69) is 16.9 Å². The zero-order valence-electron chi connectivity index (χ0n) is 8.93. The van der Waals surface area contributed by atoms with Crippen LogP contribution in [0.15, 0.2) is 54.2 Å². The van der Waals surface area contributed by atoms with Crippen LogP contribution < -0.4 is 5.32 Å². The molecule has 0 radical (unpaired) electrons. The summed E-state index contributed by atoms with van der Waals surface area (Å²) in [5.74, 6) is 0.257. The second kappa shape index (κ2) is 4.23. The summed E-state index contributed by atoms with van der Waals surface area (Å²) in [6.45, 7) is 3.76. The van der Waals surface area contributed by atoms with Crippen molar-refractivity contribution in [2.75, 3.05) is 0 Å². The van der Waals surface area contributed by atoms with Gasteiger partial charge in [-0.3, -0.25) is 4.99 Å². The molecule has 0 bridgehead atoms. The van der Waals surface area contributed by atoms with E-state index in [1.807, 2.05) is 30.5 Å². The molecular weight excluding hydrogens is 200 g/mol. The van der Waals surface area contributed by atoms with Gasteiger partial charge in [-0.2, -0.15) is 0 Å². The highest BCUT2D eigenvalue weighted by atomic mass is 16.3. The fourth-order valence-corrected chi connectivity index (χ4v) is 1.77. The Kier molecular flexibility index (Phi) is 2.77. The molecule has 3 heteroatoms. The fourth-order valence-electron chi connectivity index (χ4n) is 1.77. The minimum Gasteiger partial charge on any atom is -0.508 e. The molecule has 0 aliphatic carbocycles. The van der Waals surface area contributed by atoms with E-state index >= 15 is 0 Å². The van der Waals surface area contributed by atoms with Crippen LogP contribution in [0.2, 0.25) is 0 Å². The Bertz CT molecular complexity index is 430.